The van der Waals surface area contributed by atoms with Crippen LogP contribution < -0.4 is 4.74 Å². The standard InChI is InChI=1S/C20H25N3O3/c1-3-25-18-7-4-17(5-8-18)6-9-20(24)23-12-10-22(11-13-23)15-19-14-16(2)21-26-19/h4-9,14H,3,10-13,15H2,1-2H3/b9-6+. The molecule has 3 rings (SSSR count). The van der Waals surface area contributed by atoms with Crippen LogP contribution in [-0.4, -0.2) is 53.6 Å². The lowest BCUT2D eigenvalue weighted by atomic mass is 10.2. The summed E-state index contributed by atoms with van der Waals surface area (Å²) in [6.45, 7) is 8.38. The quantitative estimate of drug-likeness (QED) is 0.746. The molecule has 0 unspecified atom stereocenters. The van der Waals surface area contributed by atoms with Gasteiger partial charge in [0.2, 0.25) is 5.91 Å². The molecule has 0 aliphatic carbocycles. The number of aryl methyl sites for hydroxylation is 1. The third-order valence-electron chi connectivity index (χ3n) is 4.35. The minimum atomic E-state index is 0.0500. The molecular weight excluding hydrogens is 330 g/mol. The molecule has 1 aromatic carbocycles. The van der Waals surface area contributed by atoms with E-state index in [1.54, 1.807) is 6.08 Å². The number of hydrogen-bond acceptors (Lipinski definition) is 5. The van der Waals surface area contributed by atoms with Crippen molar-refractivity contribution in [2.75, 3.05) is 32.8 Å². The molecule has 0 radical (unpaired) electrons. The maximum atomic E-state index is 12.4. The van der Waals surface area contributed by atoms with E-state index in [0.717, 1.165) is 55.5 Å². The van der Waals surface area contributed by atoms with Crippen LogP contribution in [0.3, 0.4) is 0 Å². The van der Waals surface area contributed by atoms with E-state index in [1.807, 2.05) is 55.2 Å². The average Bonchev–Trinajstić information content (AvgIpc) is 3.06. The maximum Gasteiger partial charge on any atom is 0.246 e. The maximum absolute atomic E-state index is 12.4. The first-order valence-electron chi connectivity index (χ1n) is 8.98. The van der Waals surface area contributed by atoms with E-state index in [0.29, 0.717) is 6.61 Å². The number of ether oxygens (including phenoxy) is 1. The van der Waals surface area contributed by atoms with Gasteiger partial charge < -0.3 is 14.2 Å². The zero-order valence-electron chi connectivity index (χ0n) is 15.4. The zero-order valence-corrected chi connectivity index (χ0v) is 15.4. The largest absolute Gasteiger partial charge is 0.494 e. The number of carbonyl (C=O) groups is 1. The van der Waals surface area contributed by atoms with Gasteiger partial charge in [-0.05, 0) is 37.6 Å². The van der Waals surface area contributed by atoms with Crippen LogP contribution in [0.2, 0.25) is 0 Å². The van der Waals surface area contributed by atoms with E-state index in [9.17, 15) is 4.79 Å². The van der Waals surface area contributed by atoms with Crippen LogP contribution in [0.25, 0.3) is 6.08 Å². The number of piperazine rings is 1. The topological polar surface area (TPSA) is 58.8 Å². The molecule has 2 heterocycles. The molecule has 0 N–H and O–H groups in total. The first kappa shape index (κ1) is 18.2. The van der Waals surface area contributed by atoms with Gasteiger partial charge >= 0.3 is 0 Å². The summed E-state index contributed by atoms with van der Waals surface area (Å²) in [4.78, 5) is 16.5. The second-order valence-corrected chi connectivity index (χ2v) is 6.37. The van der Waals surface area contributed by atoms with E-state index in [2.05, 4.69) is 10.1 Å². The number of nitrogens with zero attached hydrogens (tertiary/aromatic N) is 3. The second-order valence-electron chi connectivity index (χ2n) is 6.37. The van der Waals surface area contributed by atoms with Gasteiger partial charge in [0.1, 0.15) is 5.75 Å². The number of amides is 1. The monoisotopic (exact) mass is 355 g/mol. The van der Waals surface area contributed by atoms with Gasteiger partial charge in [-0.1, -0.05) is 17.3 Å². The van der Waals surface area contributed by atoms with Gasteiger partial charge in [0.25, 0.3) is 0 Å². The average molecular weight is 355 g/mol. The highest BCUT2D eigenvalue weighted by Crippen LogP contribution is 2.14. The number of hydrogen-bond donors (Lipinski definition) is 0. The summed E-state index contributed by atoms with van der Waals surface area (Å²) in [7, 11) is 0. The van der Waals surface area contributed by atoms with Crippen LogP contribution in [0, 0.1) is 6.92 Å². The highest BCUT2D eigenvalue weighted by Gasteiger charge is 2.20. The summed E-state index contributed by atoms with van der Waals surface area (Å²) < 4.78 is 10.7. The smallest absolute Gasteiger partial charge is 0.246 e. The van der Waals surface area contributed by atoms with Gasteiger partial charge in [-0.3, -0.25) is 9.69 Å². The van der Waals surface area contributed by atoms with E-state index in [-0.39, 0.29) is 5.91 Å². The summed E-state index contributed by atoms with van der Waals surface area (Å²) in [6.07, 6.45) is 3.49. The minimum Gasteiger partial charge on any atom is -0.494 e. The van der Waals surface area contributed by atoms with Gasteiger partial charge in [-0.15, -0.1) is 0 Å². The molecule has 26 heavy (non-hydrogen) atoms. The van der Waals surface area contributed by atoms with Crippen LogP contribution in [0.1, 0.15) is 23.9 Å². The highest BCUT2D eigenvalue weighted by atomic mass is 16.5. The Morgan fingerprint density at radius 2 is 1.96 bits per heavy atom. The molecule has 0 saturated carbocycles. The Labute approximate surface area is 154 Å². The normalized spacial score (nSPS) is 15.5. The minimum absolute atomic E-state index is 0.0500. The molecule has 1 aliphatic rings. The Balaban J connectivity index is 1.47. The van der Waals surface area contributed by atoms with Crippen molar-refractivity contribution >= 4 is 12.0 Å². The molecule has 1 aliphatic heterocycles. The van der Waals surface area contributed by atoms with Gasteiger partial charge in [-0.25, -0.2) is 0 Å². The van der Waals surface area contributed by atoms with Crippen molar-refractivity contribution < 1.29 is 14.1 Å². The van der Waals surface area contributed by atoms with Gasteiger partial charge in [0.05, 0.1) is 18.8 Å². The third-order valence-corrected chi connectivity index (χ3v) is 4.35. The van der Waals surface area contributed by atoms with Gasteiger partial charge in [0, 0.05) is 38.3 Å². The van der Waals surface area contributed by atoms with Crippen LogP contribution in [0.5, 0.6) is 5.75 Å². The lowest BCUT2D eigenvalue weighted by molar-refractivity contribution is -0.127. The number of benzene rings is 1. The van der Waals surface area contributed by atoms with Gasteiger partial charge in [-0.2, -0.15) is 0 Å². The predicted octanol–water partition coefficient (Wildman–Crippen LogP) is 2.74. The lowest BCUT2D eigenvalue weighted by Crippen LogP contribution is -2.47. The van der Waals surface area contributed by atoms with Crippen LogP contribution >= 0.6 is 0 Å². The molecule has 138 valence electrons. The molecule has 6 nitrogen and oxygen atoms in total. The Morgan fingerprint density at radius 3 is 2.58 bits per heavy atom. The molecule has 1 amide bonds. The fraction of sp³-hybridized carbons (Fsp3) is 0.400. The van der Waals surface area contributed by atoms with Crippen molar-refractivity contribution in [1.82, 2.24) is 15.0 Å². The zero-order chi connectivity index (χ0) is 18.4. The molecule has 1 aromatic heterocycles. The fourth-order valence-electron chi connectivity index (χ4n) is 2.95. The van der Waals surface area contributed by atoms with Gasteiger partial charge in [0.15, 0.2) is 5.76 Å². The van der Waals surface area contributed by atoms with E-state index in [1.165, 1.54) is 0 Å². The van der Waals surface area contributed by atoms with Crippen LogP contribution in [0.15, 0.2) is 40.9 Å². The second kappa shape index (κ2) is 8.67. The summed E-state index contributed by atoms with van der Waals surface area (Å²) in [5, 5.41) is 3.91. The molecule has 0 bridgehead atoms. The fourth-order valence-corrected chi connectivity index (χ4v) is 2.95. The highest BCUT2D eigenvalue weighted by molar-refractivity contribution is 5.91. The Bertz CT molecular complexity index is 744. The van der Waals surface area contributed by atoms with Crippen molar-refractivity contribution in [1.29, 1.82) is 0 Å². The van der Waals surface area contributed by atoms with Crippen molar-refractivity contribution in [3.05, 3.63) is 53.4 Å². The SMILES string of the molecule is CCOc1ccc(/C=C/C(=O)N2CCN(Cc3cc(C)no3)CC2)cc1. The van der Waals surface area contributed by atoms with Crippen LogP contribution in [-0.2, 0) is 11.3 Å². The summed E-state index contributed by atoms with van der Waals surface area (Å²) in [6, 6.07) is 9.69. The van der Waals surface area contributed by atoms with E-state index >= 15 is 0 Å². The number of aromatic nitrogens is 1. The Hall–Kier alpha value is -2.60. The number of carbonyl (C=O) groups excluding carboxylic acids is 1. The van der Waals surface area contributed by atoms with Crippen molar-refractivity contribution in [3.63, 3.8) is 0 Å². The van der Waals surface area contributed by atoms with E-state index in [4.69, 9.17) is 9.26 Å². The first-order chi connectivity index (χ1) is 12.6. The molecule has 0 spiro atoms. The third kappa shape index (κ3) is 4.95. The van der Waals surface area contributed by atoms with Crippen molar-refractivity contribution in [3.8, 4) is 5.75 Å². The first-order valence-corrected chi connectivity index (χ1v) is 8.98. The predicted molar refractivity (Wildman–Crippen MR) is 99.7 cm³/mol. The molecular formula is C20H25N3O3. The van der Waals surface area contributed by atoms with Crippen molar-refractivity contribution in [2.45, 2.75) is 20.4 Å². The summed E-state index contributed by atoms with van der Waals surface area (Å²) in [5.74, 6) is 1.76. The Morgan fingerprint density at radius 1 is 1.23 bits per heavy atom. The molecule has 6 heteroatoms. The molecule has 1 saturated heterocycles. The summed E-state index contributed by atoms with van der Waals surface area (Å²) in [5.41, 5.74) is 1.88. The summed E-state index contributed by atoms with van der Waals surface area (Å²) >= 11 is 0. The molecule has 0 atom stereocenters. The number of rotatable bonds is 6. The lowest BCUT2D eigenvalue weighted by Gasteiger charge is -2.33. The van der Waals surface area contributed by atoms with Crippen molar-refractivity contribution in [2.24, 2.45) is 0 Å². The molecule has 2 aromatic rings. The van der Waals surface area contributed by atoms with Crippen LogP contribution in [0.4, 0.5) is 0 Å². The Kier molecular flexibility index (Phi) is 6.07. The molecule has 1 fully saturated rings. The van der Waals surface area contributed by atoms with E-state index < -0.39 is 0 Å².